The summed E-state index contributed by atoms with van der Waals surface area (Å²) in [4.78, 5) is 23.9. The minimum atomic E-state index is 0.0968. The first-order chi connectivity index (χ1) is 10.2. The highest BCUT2D eigenvalue weighted by atomic mass is 16.2. The lowest BCUT2D eigenvalue weighted by Gasteiger charge is -2.28. The topological polar surface area (TPSA) is 84.2 Å². The molecule has 4 N–H and O–H groups in total. The molecule has 0 saturated heterocycles. The Morgan fingerprint density at radius 3 is 2.29 bits per heavy atom. The molecular weight excluding hydrogens is 266 g/mol. The molecular formula is C16H29N3O2. The van der Waals surface area contributed by atoms with Gasteiger partial charge in [0.15, 0.2) is 0 Å². The van der Waals surface area contributed by atoms with E-state index in [4.69, 9.17) is 5.73 Å². The van der Waals surface area contributed by atoms with Crippen LogP contribution in [0.5, 0.6) is 0 Å². The molecule has 2 saturated carbocycles. The molecule has 0 aromatic heterocycles. The quantitative estimate of drug-likeness (QED) is 0.691. The highest BCUT2D eigenvalue weighted by Crippen LogP contribution is 2.28. The first-order valence-corrected chi connectivity index (χ1v) is 8.46. The Morgan fingerprint density at radius 2 is 1.67 bits per heavy atom. The summed E-state index contributed by atoms with van der Waals surface area (Å²) in [6, 6.07) is 0.262. The molecule has 2 aliphatic rings. The molecule has 0 aromatic carbocycles. The molecule has 0 heterocycles. The van der Waals surface area contributed by atoms with Gasteiger partial charge >= 0.3 is 0 Å². The molecule has 2 amide bonds. The highest BCUT2D eigenvalue weighted by molar-refractivity contribution is 5.79. The lowest BCUT2D eigenvalue weighted by atomic mass is 9.85. The summed E-state index contributed by atoms with van der Waals surface area (Å²) in [5.74, 6) is 1.03. The summed E-state index contributed by atoms with van der Waals surface area (Å²) in [5, 5.41) is 6.01. The van der Waals surface area contributed by atoms with Gasteiger partial charge in [0, 0.05) is 31.5 Å². The van der Waals surface area contributed by atoms with E-state index >= 15 is 0 Å². The summed E-state index contributed by atoms with van der Waals surface area (Å²) >= 11 is 0. The van der Waals surface area contributed by atoms with E-state index in [0.717, 1.165) is 25.7 Å². The standard InChI is InChI=1S/C16H29N3O2/c17-9-10-18-16(21)13-5-7-14(8-6-13)19-15(20)11-12-3-1-2-4-12/h12-14H,1-11,17H2,(H,18,21)(H,19,20). The average Bonchev–Trinajstić information content (AvgIpc) is 2.98. The maximum absolute atomic E-state index is 12.0. The predicted octanol–water partition coefficient (Wildman–Crippen LogP) is 1.32. The van der Waals surface area contributed by atoms with Crippen LogP contribution < -0.4 is 16.4 Å². The lowest BCUT2D eigenvalue weighted by molar-refractivity contribution is -0.126. The van der Waals surface area contributed by atoms with Gasteiger partial charge in [-0.2, -0.15) is 0 Å². The van der Waals surface area contributed by atoms with Crippen molar-refractivity contribution in [3.63, 3.8) is 0 Å². The van der Waals surface area contributed by atoms with Crippen molar-refractivity contribution in [2.75, 3.05) is 13.1 Å². The zero-order valence-corrected chi connectivity index (χ0v) is 12.9. The van der Waals surface area contributed by atoms with Crippen molar-refractivity contribution in [3.05, 3.63) is 0 Å². The summed E-state index contributed by atoms with van der Waals surface area (Å²) in [5.41, 5.74) is 5.39. The number of carbonyl (C=O) groups excluding carboxylic acids is 2. The third-order valence-electron chi connectivity index (χ3n) is 4.86. The van der Waals surface area contributed by atoms with Crippen LogP contribution >= 0.6 is 0 Å². The molecule has 120 valence electrons. The number of carbonyl (C=O) groups is 2. The van der Waals surface area contributed by atoms with Gasteiger partial charge < -0.3 is 16.4 Å². The van der Waals surface area contributed by atoms with Gasteiger partial charge in [0.1, 0.15) is 0 Å². The molecule has 2 aliphatic carbocycles. The van der Waals surface area contributed by atoms with E-state index in [1.54, 1.807) is 0 Å². The van der Waals surface area contributed by atoms with Crippen LogP contribution in [0.3, 0.4) is 0 Å². The van der Waals surface area contributed by atoms with Crippen LogP contribution in [0, 0.1) is 11.8 Å². The first-order valence-electron chi connectivity index (χ1n) is 8.46. The van der Waals surface area contributed by atoms with E-state index in [-0.39, 0.29) is 23.8 Å². The molecule has 0 aromatic rings. The number of rotatable bonds is 6. The molecule has 0 spiro atoms. The van der Waals surface area contributed by atoms with Gasteiger partial charge in [-0.3, -0.25) is 9.59 Å². The van der Waals surface area contributed by atoms with E-state index in [1.807, 2.05) is 0 Å². The third kappa shape index (κ3) is 5.30. The second-order valence-corrected chi connectivity index (χ2v) is 6.55. The Hall–Kier alpha value is -1.10. The summed E-state index contributed by atoms with van der Waals surface area (Å²) in [7, 11) is 0. The Kier molecular flexibility index (Phi) is 6.49. The van der Waals surface area contributed by atoms with Crippen LogP contribution in [0.25, 0.3) is 0 Å². The summed E-state index contributed by atoms with van der Waals surface area (Å²) < 4.78 is 0. The van der Waals surface area contributed by atoms with Crippen LogP contribution in [0.1, 0.15) is 57.8 Å². The summed E-state index contributed by atoms with van der Waals surface area (Å²) in [6.45, 7) is 1.04. The second kappa shape index (κ2) is 8.37. The van der Waals surface area contributed by atoms with Crippen LogP contribution in [0.2, 0.25) is 0 Å². The van der Waals surface area contributed by atoms with Crippen molar-refractivity contribution in [3.8, 4) is 0 Å². The van der Waals surface area contributed by atoms with E-state index in [0.29, 0.717) is 25.4 Å². The number of hydrogen-bond donors (Lipinski definition) is 3. The molecule has 5 nitrogen and oxygen atoms in total. The number of nitrogens with one attached hydrogen (secondary N) is 2. The number of amides is 2. The molecule has 5 heteroatoms. The minimum absolute atomic E-state index is 0.0968. The fourth-order valence-corrected chi connectivity index (χ4v) is 3.60. The molecule has 2 rings (SSSR count). The molecule has 0 aliphatic heterocycles. The van der Waals surface area contributed by atoms with Crippen molar-refractivity contribution in [2.24, 2.45) is 17.6 Å². The van der Waals surface area contributed by atoms with Crippen LogP contribution in [0.15, 0.2) is 0 Å². The van der Waals surface area contributed by atoms with Gasteiger partial charge in [-0.25, -0.2) is 0 Å². The molecule has 0 unspecified atom stereocenters. The molecule has 2 fully saturated rings. The Labute approximate surface area is 127 Å². The van der Waals surface area contributed by atoms with E-state index in [1.165, 1.54) is 25.7 Å². The average molecular weight is 295 g/mol. The second-order valence-electron chi connectivity index (χ2n) is 6.55. The van der Waals surface area contributed by atoms with Crippen LogP contribution in [-0.2, 0) is 9.59 Å². The van der Waals surface area contributed by atoms with Gasteiger partial charge in [-0.05, 0) is 44.4 Å². The number of nitrogens with two attached hydrogens (primary N) is 1. The first kappa shape index (κ1) is 16.3. The SMILES string of the molecule is NCCNC(=O)C1CCC(NC(=O)CC2CCCC2)CC1. The fourth-order valence-electron chi connectivity index (χ4n) is 3.60. The molecule has 0 bridgehead atoms. The zero-order chi connectivity index (χ0) is 15.1. The third-order valence-corrected chi connectivity index (χ3v) is 4.86. The Bertz CT molecular complexity index is 345. The lowest BCUT2D eigenvalue weighted by Crippen LogP contribution is -2.41. The highest BCUT2D eigenvalue weighted by Gasteiger charge is 2.27. The Morgan fingerprint density at radius 1 is 1.00 bits per heavy atom. The van der Waals surface area contributed by atoms with Crippen molar-refractivity contribution < 1.29 is 9.59 Å². The molecule has 0 radical (unpaired) electrons. The molecule has 21 heavy (non-hydrogen) atoms. The zero-order valence-electron chi connectivity index (χ0n) is 12.9. The van der Waals surface area contributed by atoms with Crippen LogP contribution in [-0.4, -0.2) is 30.9 Å². The van der Waals surface area contributed by atoms with Crippen molar-refractivity contribution in [1.29, 1.82) is 0 Å². The van der Waals surface area contributed by atoms with Gasteiger partial charge in [0.25, 0.3) is 0 Å². The predicted molar refractivity (Wildman–Crippen MR) is 82.5 cm³/mol. The van der Waals surface area contributed by atoms with Crippen molar-refractivity contribution >= 4 is 11.8 Å². The van der Waals surface area contributed by atoms with Crippen LogP contribution in [0.4, 0.5) is 0 Å². The van der Waals surface area contributed by atoms with E-state index in [9.17, 15) is 9.59 Å². The maximum Gasteiger partial charge on any atom is 0.223 e. The monoisotopic (exact) mass is 295 g/mol. The van der Waals surface area contributed by atoms with Gasteiger partial charge in [0.05, 0.1) is 0 Å². The minimum Gasteiger partial charge on any atom is -0.355 e. The number of hydrogen-bond acceptors (Lipinski definition) is 3. The maximum atomic E-state index is 12.0. The normalized spacial score (nSPS) is 26.5. The van der Waals surface area contributed by atoms with E-state index in [2.05, 4.69) is 10.6 Å². The van der Waals surface area contributed by atoms with Gasteiger partial charge in [0.2, 0.25) is 11.8 Å². The summed E-state index contributed by atoms with van der Waals surface area (Å²) in [6.07, 6.45) is 9.23. The molecule has 0 atom stereocenters. The Balaban J connectivity index is 1.64. The van der Waals surface area contributed by atoms with Gasteiger partial charge in [-0.15, -0.1) is 0 Å². The van der Waals surface area contributed by atoms with E-state index < -0.39 is 0 Å². The van der Waals surface area contributed by atoms with Crippen molar-refractivity contribution in [2.45, 2.75) is 63.8 Å². The van der Waals surface area contributed by atoms with Gasteiger partial charge in [-0.1, -0.05) is 12.8 Å². The van der Waals surface area contributed by atoms with Crippen molar-refractivity contribution in [1.82, 2.24) is 10.6 Å². The fraction of sp³-hybridized carbons (Fsp3) is 0.875. The largest absolute Gasteiger partial charge is 0.355 e. The smallest absolute Gasteiger partial charge is 0.223 e.